The summed E-state index contributed by atoms with van der Waals surface area (Å²) < 4.78 is 16.7. The Balaban J connectivity index is 1.41. The fourth-order valence-electron chi connectivity index (χ4n) is 4.31. The Morgan fingerprint density at radius 3 is 2.30 bits per heavy atom. The molecule has 0 atom stereocenters. The maximum absolute atomic E-state index is 13.0. The van der Waals surface area contributed by atoms with Gasteiger partial charge in [-0.25, -0.2) is 0 Å². The quantitative estimate of drug-likeness (QED) is 0.245. The lowest BCUT2D eigenvalue weighted by molar-refractivity contribution is -0.127. The molecule has 0 aliphatic carbocycles. The van der Waals surface area contributed by atoms with Crippen molar-refractivity contribution in [3.63, 3.8) is 0 Å². The number of nitrogens with one attached hydrogen (secondary N) is 2. The van der Waals surface area contributed by atoms with E-state index < -0.39 is 23.6 Å². The van der Waals surface area contributed by atoms with Crippen molar-refractivity contribution in [2.45, 2.75) is 26.7 Å². The molecule has 0 saturated carbocycles. The SMILES string of the molecule is CCOc1cc(/C=C2/SC(=O)N(CC(=O)Nc3ccccc3OC)C2=O)ccc1OCC(=O)Nc1ccccc1C(C)C. The molecule has 224 valence electrons. The molecule has 4 amide bonds. The van der Waals surface area contributed by atoms with Crippen molar-refractivity contribution in [1.82, 2.24) is 4.90 Å². The Morgan fingerprint density at radius 2 is 1.58 bits per heavy atom. The van der Waals surface area contributed by atoms with Gasteiger partial charge in [0.05, 0.1) is 24.3 Å². The summed E-state index contributed by atoms with van der Waals surface area (Å²) in [7, 11) is 1.48. The van der Waals surface area contributed by atoms with Gasteiger partial charge in [-0.3, -0.25) is 24.1 Å². The van der Waals surface area contributed by atoms with Crippen LogP contribution < -0.4 is 24.8 Å². The highest BCUT2D eigenvalue weighted by Crippen LogP contribution is 2.35. The number of benzene rings is 3. The molecule has 3 aromatic carbocycles. The summed E-state index contributed by atoms with van der Waals surface area (Å²) in [5.41, 5.74) is 2.77. The Labute approximate surface area is 254 Å². The fraction of sp³-hybridized carbons (Fsp3) is 0.250. The van der Waals surface area contributed by atoms with E-state index >= 15 is 0 Å². The lowest BCUT2D eigenvalue weighted by Crippen LogP contribution is -2.36. The zero-order valence-electron chi connectivity index (χ0n) is 24.3. The average molecular weight is 604 g/mol. The molecule has 1 heterocycles. The van der Waals surface area contributed by atoms with Gasteiger partial charge in [-0.2, -0.15) is 0 Å². The van der Waals surface area contributed by atoms with Gasteiger partial charge < -0.3 is 24.8 Å². The van der Waals surface area contributed by atoms with Crippen LogP contribution in [0.15, 0.2) is 71.6 Å². The first-order valence-electron chi connectivity index (χ1n) is 13.7. The third-order valence-electron chi connectivity index (χ3n) is 6.34. The van der Waals surface area contributed by atoms with E-state index in [1.807, 2.05) is 31.2 Å². The number of rotatable bonds is 12. The summed E-state index contributed by atoms with van der Waals surface area (Å²) in [5.74, 6) is -0.00444. The van der Waals surface area contributed by atoms with Gasteiger partial charge in [0.1, 0.15) is 12.3 Å². The van der Waals surface area contributed by atoms with E-state index in [2.05, 4.69) is 24.5 Å². The van der Waals surface area contributed by atoms with Crippen molar-refractivity contribution in [3.05, 3.63) is 82.8 Å². The van der Waals surface area contributed by atoms with Crippen LogP contribution in [0.2, 0.25) is 0 Å². The van der Waals surface area contributed by atoms with Crippen LogP contribution in [0.5, 0.6) is 17.2 Å². The van der Waals surface area contributed by atoms with Crippen molar-refractivity contribution in [2.75, 3.05) is 37.5 Å². The molecule has 43 heavy (non-hydrogen) atoms. The highest BCUT2D eigenvalue weighted by Gasteiger charge is 2.36. The number of methoxy groups -OCH3 is 1. The molecule has 11 heteroatoms. The zero-order valence-corrected chi connectivity index (χ0v) is 25.2. The number of thioether (sulfide) groups is 1. The molecule has 1 saturated heterocycles. The molecule has 0 radical (unpaired) electrons. The van der Waals surface area contributed by atoms with Gasteiger partial charge in [0.15, 0.2) is 18.1 Å². The van der Waals surface area contributed by atoms with Gasteiger partial charge in [0.25, 0.3) is 17.1 Å². The van der Waals surface area contributed by atoms with Crippen LogP contribution in [0.25, 0.3) is 6.08 Å². The van der Waals surface area contributed by atoms with E-state index in [4.69, 9.17) is 14.2 Å². The number of carbonyl (C=O) groups excluding carboxylic acids is 4. The lowest BCUT2D eigenvalue weighted by atomic mass is 10.0. The van der Waals surface area contributed by atoms with E-state index in [0.717, 1.165) is 27.9 Å². The number of para-hydroxylation sites is 3. The number of carbonyl (C=O) groups is 4. The minimum Gasteiger partial charge on any atom is -0.495 e. The number of amides is 4. The summed E-state index contributed by atoms with van der Waals surface area (Å²) in [6.07, 6.45) is 1.55. The van der Waals surface area contributed by atoms with Gasteiger partial charge in [0.2, 0.25) is 5.91 Å². The molecule has 2 N–H and O–H groups in total. The Hall–Kier alpha value is -4.77. The molecule has 0 unspecified atom stereocenters. The number of hydrogen-bond acceptors (Lipinski definition) is 8. The lowest BCUT2D eigenvalue weighted by Gasteiger charge is -2.15. The minimum absolute atomic E-state index is 0.161. The predicted octanol–water partition coefficient (Wildman–Crippen LogP) is 5.91. The van der Waals surface area contributed by atoms with Gasteiger partial charge in [-0.15, -0.1) is 0 Å². The maximum atomic E-state index is 13.0. The summed E-state index contributed by atoms with van der Waals surface area (Å²) >= 11 is 0.743. The van der Waals surface area contributed by atoms with Crippen LogP contribution in [0.1, 0.15) is 37.8 Å². The second kappa shape index (κ2) is 14.4. The van der Waals surface area contributed by atoms with E-state index in [9.17, 15) is 19.2 Å². The number of nitrogens with zero attached hydrogens (tertiary/aromatic N) is 1. The highest BCUT2D eigenvalue weighted by atomic mass is 32.2. The fourth-order valence-corrected chi connectivity index (χ4v) is 5.15. The van der Waals surface area contributed by atoms with Crippen LogP contribution in [0.3, 0.4) is 0 Å². The second-order valence-corrected chi connectivity index (χ2v) is 10.7. The van der Waals surface area contributed by atoms with E-state index in [1.165, 1.54) is 7.11 Å². The number of imide groups is 1. The molecule has 1 fully saturated rings. The molecule has 0 aromatic heterocycles. The minimum atomic E-state index is -0.582. The monoisotopic (exact) mass is 603 g/mol. The average Bonchev–Trinajstić information content (AvgIpc) is 3.24. The molecule has 3 aromatic rings. The summed E-state index contributed by atoms with van der Waals surface area (Å²) in [5, 5.41) is 5.00. The molecule has 1 aliphatic heterocycles. The van der Waals surface area contributed by atoms with Crippen LogP contribution in [0.4, 0.5) is 16.2 Å². The van der Waals surface area contributed by atoms with Crippen LogP contribution in [-0.4, -0.2) is 54.7 Å². The van der Waals surface area contributed by atoms with Crippen LogP contribution >= 0.6 is 11.8 Å². The van der Waals surface area contributed by atoms with Gasteiger partial charge >= 0.3 is 0 Å². The van der Waals surface area contributed by atoms with E-state index in [0.29, 0.717) is 35.1 Å². The summed E-state index contributed by atoms with van der Waals surface area (Å²) in [4.78, 5) is 51.9. The first-order valence-corrected chi connectivity index (χ1v) is 14.5. The van der Waals surface area contributed by atoms with E-state index in [-0.39, 0.29) is 23.3 Å². The highest BCUT2D eigenvalue weighted by molar-refractivity contribution is 8.18. The van der Waals surface area contributed by atoms with Gasteiger partial charge in [-0.1, -0.05) is 50.2 Å². The van der Waals surface area contributed by atoms with Crippen LogP contribution in [-0.2, 0) is 14.4 Å². The Bertz CT molecular complexity index is 1550. The molecule has 4 rings (SSSR count). The molecule has 0 spiro atoms. The molecule has 10 nitrogen and oxygen atoms in total. The van der Waals surface area contributed by atoms with Crippen molar-refractivity contribution in [1.29, 1.82) is 0 Å². The standard InChI is InChI=1S/C32H33N3O7S/c1-5-41-27-16-21(14-15-26(27)42-19-30(37)33-23-11-7-6-10-22(23)20(2)3)17-28-31(38)35(32(39)43-28)18-29(36)34-24-12-8-9-13-25(24)40-4/h6-17,20H,5,18-19H2,1-4H3,(H,33,37)(H,34,36)/b28-17+. The Kier molecular flexibility index (Phi) is 10.4. The molecular formula is C32H33N3O7S. The van der Waals surface area contributed by atoms with Crippen molar-refractivity contribution in [3.8, 4) is 17.2 Å². The zero-order chi connectivity index (χ0) is 30.9. The molecule has 0 bridgehead atoms. The first kappa shape index (κ1) is 31.2. The second-order valence-electron chi connectivity index (χ2n) is 9.73. The normalized spacial score (nSPS) is 13.8. The molecular weight excluding hydrogens is 570 g/mol. The Morgan fingerprint density at radius 1 is 0.884 bits per heavy atom. The third kappa shape index (κ3) is 7.95. The molecule has 1 aliphatic rings. The summed E-state index contributed by atoms with van der Waals surface area (Å²) in [6.45, 7) is 5.58. The number of ether oxygens (including phenoxy) is 3. The largest absolute Gasteiger partial charge is 0.495 e. The third-order valence-corrected chi connectivity index (χ3v) is 7.24. The maximum Gasteiger partial charge on any atom is 0.294 e. The smallest absolute Gasteiger partial charge is 0.294 e. The van der Waals surface area contributed by atoms with Crippen LogP contribution in [0, 0.1) is 0 Å². The van der Waals surface area contributed by atoms with E-state index in [1.54, 1.807) is 48.5 Å². The van der Waals surface area contributed by atoms with Crippen molar-refractivity contribution < 1.29 is 33.4 Å². The topological polar surface area (TPSA) is 123 Å². The summed E-state index contributed by atoms with van der Waals surface area (Å²) in [6, 6.07) is 19.4. The first-order chi connectivity index (χ1) is 20.7. The van der Waals surface area contributed by atoms with Crippen molar-refractivity contribution >= 4 is 52.2 Å². The number of anilines is 2. The number of hydrogen-bond donors (Lipinski definition) is 2. The van der Waals surface area contributed by atoms with Crippen molar-refractivity contribution in [2.24, 2.45) is 0 Å². The predicted molar refractivity (Wildman–Crippen MR) is 167 cm³/mol. The van der Waals surface area contributed by atoms with Gasteiger partial charge in [0, 0.05) is 5.69 Å². The van der Waals surface area contributed by atoms with Gasteiger partial charge in [-0.05, 0) is 72.1 Å².